The first-order valence-corrected chi connectivity index (χ1v) is 8.04. The van der Waals surface area contributed by atoms with Gasteiger partial charge >= 0.3 is 0 Å². The van der Waals surface area contributed by atoms with Gasteiger partial charge in [0.1, 0.15) is 5.82 Å². The Hall–Kier alpha value is -0.740. The molecule has 0 spiro atoms. The summed E-state index contributed by atoms with van der Waals surface area (Å²) in [4.78, 5) is 4.45. The Bertz CT molecular complexity index is 489. The third-order valence-corrected chi connectivity index (χ3v) is 5.43. The van der Waals surface area contributed by atoms with E-state index in [9.17, 15) is 0 Å². The van der Waals surface area contributed by atoms with Crippen molar-refractivity contribution in [1.29, 1.82) is 0 Å². The minimum Gasteiger partial charge on any atom is -0.368 e. The van der Waals surface area contributed by atoms with Gasteiger partial charge in [0.15, 0.2) is 0 Å². The summed E-state index contributed by atoms with van der Waals surface area (Å²) >= 11 is 3.88. The largest absolute Gasteiger partial charge is 0.368 e. The van der Waals surface area contributed by atoms with Crippen molar-refractivity contribution in [3.8, 4) is 0 Å². The van der Waals surface area contributed by atoms with Gasteiger partial charge in [0.25, 0.3) is 0 Å². The second kappa shape index (κ2) is 5.27. The highest BCUT2D eigenvalue weighted by Crippen LogP contribution is 2.28. The molecule has 0 saturated carbocycles. The van der Waals surface area contributed by atoms with Gasteiger partial charge in [-0.1, -0.05) is 6.42 Å². The van der Waals surface area contributed by atoms with Gasteiger partial charge in [-0.05, 0) is 36.1 Å². The van der Waals surface area contributed by atoms with E-state index >= 15 is 0 Å². The average Bonchev–Trinajstić information content (AvgIpc) is 2.86. The molecule has 3 rings (SSSR count). The molecule has 0 amide bonds. The zero-order chi connectivity index (χ0) is 11.5. The van der Waals surface area contributed by atoms with Gasteiger partial charge in [0.05, 0.1) is 0 Å². The molecule has 2 aromatic rings. The highest BCUT2D eigenvalue weighted by molar-refractivity contribution is 7.99. The molecule has 0 aromatic carbocycles. The number of hydrogen-bond donors (Lipinski definition) is 1. The van der Waals surface area contributed by atoms with Crippen molar-refractivity contribution in [3.63, 3.8) is 0 Å². The van der Waals surface area contributed by atoms with E-state index in [-0.39, 0.29) is 0 Å². The Labute approximate surface area is 110 Å². The standard InChI is InChI=1S/C13H16N2S2/c1-2-7-16-10(3-1)9-15-13-11-5-8-17-12(11)4-6-14-13/h4-6,8,10H,1-3,7,9H2,(H,14,15). The Kier molecular flexibility index (Phi) is 3.52. The second-order valence-electron chi connectivity index (χ2n) is 4.36. The molecule has 4 heteroatoms. The molecular formula is C13H16N2S2. The maximum Gasteiger partial charge on any atom is 0.134 e. The van der Waals surface area contributed by atoms with E-state index < -0.39 is 0 Å². The third-order valence-electron chi connectivity index (χ3n) is 3.15. The molecule has 90 valence electrons. The predicted molar refractivity (Wildman–Crippen MR) is 78.2 cm³/mol. The molecule has 1 N–H and O–H groups in total. The van der Waals surface area contributed by atoms with Gasteiger partial charge in [-0.2, -0.15) is 11.8 Å². The number of aromatic nitrogens is 1. The van der Waals surface area contributed by atoms with Gasteiger partial charge in [-0.15, -0.1) is 11.3 Å². The number of hydrogen-bond acceptors (Lipinski definition) is 4. The fourth-order valence-corrected chi connectivity index (χ4v) is 4.23. The van der Waals surface area contributed by atoms with Crippen molar-refractivity contribution < 1.29 is 0 Å². The molecule has 17 heavy (non-hydrogen) atoms. The van der Waals surface area contributed by atoms with Gasteiger partial charge in [-0.3, -0.25) is 0 Å². The number of anilines is 1. The molecule has 1 atom stereocenters. The van der Waals surface area contributed by atoms with Crippen LogP contribution in [0.15, 0.2) is 23.7 Å². The first kappa shape index (κ1) is 11.4. The SMILES string of the molecule is c1cc2sccc2c(NCC2CCCCS2)n1. The minimum absolute atomic E-state index is 0.763. The van der Waals surface area contributed by atoms with Crippen LogP contribution in [0.1, 0.15) is 19.3 Å². The van der Waals surface area contributed by atoms with Crippen LogP contribution < -0.4 is 5.32 Å². The van der Waals surface area contributed by atoms with Gasteiger partial charge in [0, 0.05) is 28.1 Å². The molecule has 1 fully saturated rings. The molecule has 1 aliphatic heterocycles. The van der Waals surface area contributed by atoms with E-state index in [1.807, 2.05) is 6.20 Å². The molecule has 0 aliphatic carbocycles. The fraction of sp³-hybridized carbons (Fsp3) is 0.462. The Morgan fingerprint density at radius 1 is 1.35 bits per heavy atom. The van der Waals surface area contributed by atoms with Crippen LogP contribution in [-0.4, -0.2) is 22.5 Å². The summed E-state index contributed by atoms with van der Waals surface area (Å²) in [6.07, 6.45) is 6.02. The van der Waals surface area contributed by atoms with Crippen molar-refractivity contribution in [2.24, 2.45) is 0 Å². The number of thioether (sulfide) groups is 1. The second-order valence-corrected chi connectivity index (χ2v) is 6.72. The highest BCUT2D eigenvalue weighted by atomic mass is 32.2. The summed E-state index contributed by atoms with van der Waals surface area (Å²) in [5.74, 6) is 2.37. The van der Waals surface area contributed by atoms with E-state index in [1.54, 1.807) is 11.3 Å². The van der Waals surface area contributed by atoms with Gasteiger partial charge in [0.2, 0.25) is 0 Å². The third kappa shape index (κ3) is 2.58. The maximum absolute atomic E-state index is 4.45. The van der Waals surface area contributed by atoms with Crippen molar-refractivity contribution >= 4 is 39.0 Å². The van der Waals surface area contributed by atoms with Crippen molar-refractivity contribution in [2.75, 3.05) is 17.6 Å². The van der Waals surface area contributed by atoms with Crippen LogP contribution in [0.4, 0.5) is 5.82 Å². The van der Waals surface area contributed by atoms with Crippen LogP contribution >= 0.6 is 23.1 Å². The maximum atomic E-state index is 4.45. The molecule has 1 unspecified atom stereocenters. The van der Waals surface area contributed by atoms with E-state index in [4.69, 9.17) is 0 Å². The summed E-state index contributed by atoms with van der Waals surface area (Å²) < 4.78 is 1.32. The minimum atomic E-state index is 0.763. The zero-order valence-electron chi connectivity index (χ0n) is 9.69. The summed E-state index contributed by atoms with van der Waals surface area (Å²) in [5, 5.41) is 7.68. The van der Waals surface area contributed by atoms with Crippen molar-refractivity contribution in [2.45, 2.75) is 24.5 Å². The number of fused-ring (bicyclic) bond motifs is 1. The average molecular weight is 264 g/mol. The van der Waals surface area contributed by atoms with Gasteiger partial charge < -0.3 is 5.32 Å². The lowest BCUT2D eigenvalue weighted by molar-refractivity contribution is 0.677. The van der Waals surface area contributed by atoms with Crippen LogP contribution in [0.25, 0.3) is 10.1 Å². The molecule has 2 nitrogen and oxygen atoms in total. The van der Waals surface area contributed by atoms with Crippen LogP contribution in [0.2, 0.25) is 0 Å². The van der Waals surface area contributed by atoms with Crippen LogP contribution in [-0.2, 0) is 0 Å². The highest BCUT2D eigenvalue weighted by Gasteiger charge is 2.14. The lowest BCUT2D eigenvalue weighted by atomic mass is 10.2. The van der Waals surface area contributed by atoms with E-state index in [0.29, 0.717) is 0 Å². The summed E-state index contributed by atoms with van der Waals surface area (Å²) in [6.45, 7) is 1.05. The number of thiophene rings is 1. The first-order valence-electron chi connectivity index (χ1n) is 6.11. The van der Waals surface area contributed by atoms with Crippen LogP contribution in [0.3, 0.4) is 0 Å². The van der Waals surface area contributed by atoms with Crippen molar-refractivity contribution in [1.82, 2.24) is 4.98 Å². The number of nitrogens with zero attached hydrogens (tertiary/aromatic N) is 1. The molecule has 1 saturated heterocycles. The van der Waals surface area contributed by atoms with E-state index in [1.165, 1.54) is 35.1 Å². The molecule has 1 aliphatic rings. The lowest BCUT2D eigenvalue weighted by Crippen LogP contribution is -2.20. The number of rotatable bonds is 3. The van der Waals surface area contributed by atoms with Crippen molar-refractivity contribution in [3.05, 3.63) is 23.7 Å². The van der Waals surface area contributed by atoms with Gasteiger partial charge in [-0.25, -0.2) is 4.98 Å². The zero-order valence-corrected chi connectivity index (χ0v) is 11.3. The first-order chi connectivity index (χ1) is 8.43. The Morgan fingerprint density at radius 3 is 3.24 bits per heavy atom. The lowest BCUT2D eigenvalue weighted by Gasteiger charge is -2.21. The quantitative estimate of drug-likeness (QED) is 0.907. The van der Waals surface area contributed by atoms with E-state index in [0.717, 1.165) is 17.6 Å². The molecule has 0 bridgehead atoms. The topological polar surface area (TPSA) is 24.9 Å². The summed E-state index contributed by atoms with van der Waals surface area (Å²) in [6, 6.07) is 4.24. The molecule has 2 aromatic heterocycles. The molecular weight excluding hydrogens is 248 g/mol. The monoisotopic (exact) mass is 264 g/mol. The molecule has 3 heterocycles. The summed E-state index contributed by atoms with van der Waals surface area (Å²) in [5.41, 5.74) is 0. The summed E-state index contributed by atoms with van der Waals surface area (Å²) in [7, 11) is 0. The fourth-order valence-electron chi connectivity index (χ4n) is 2.21. The van der Waals surface area contributed by atoms with Crippen LogP contribution in [0.5, 0.6) is 0 Å². The predicted octanol–water partition coefficient (Wildman–Crippen LogP) is 3.99. The normalized spacial score (nSPS) is 20.6. The Balaban J connectivity index is 1.69. The Morgan fingerprint density at radius 2 is 2.35 bits per heavy atom. The number of nitrogens with one attached hydrogen (secondary N) is 1. The molecule has 0 radical (unpaired) electrons. The smallest absolute Gasteiger partial charge is 0.134 e. The van der Waals surface area contributed by atoms with Crippen LogP contribution in [0, 0.1) is 0 Å². The van der Waals surface area contributed by atoms with E-state index in [2.05, 4.69) is 39.6 Å². The number of pyridine rings is 1.